The molecule has 0 aliphatic carbocycles. The van der Waals surface area contributed by atoms with Gasteiger partial charge in [0.2, 0.25) is 0 Å². The van der Waals surface area contributed by atoms with Gasteiger partial charge in [0.1, 0.15) is 12.2 Å². The van der Waals surface area contributed by atoms with E-state index in [1.807, 2.05) is 0 Å². The SMILES string of the molecule is CCCCCCCCCCCCCCCCCCCCCCCCCC(=O)O[C@H](COCCCCCCCCCCCCCCCCCC)COP(=O)(O)OC[C@@H](O)CO. The van der Waals surface area contributed by atoms with Crippen LogP contribution >= 0.6 is 7.82 Å². The van der Waals surface area contributed by atoms with Crippen molar-refractivity contribution < 1.29 is 43.0 Å². The van der Waals surface area contributed by atoms with Gasteiger partial charge in [-0.05, 0) is 12.8 Å². The summed E-state index contributed by atoms with van der Waals surface area (Å²) in [6.07, 6.45) is 49.3. The molecule has 0 saturated heterocycles. The molecule has 3 N–H and O–H groups in total. The minimum Gasteiger partial charge on any atom is -0.457 e. The average Bonchev–Trinajstić information content (AvgIpc) is 3.24. The van der Waals surface area contributed by atoms with Gasteiger partial charge in [0.15, 0.2) is 0 Å². The number of esters is 1. The van der Waals surface area contributed by atoms with Crippen LogP contribution in [-0.4, -0.2) is 66.3 Å². The highest BCUT2D eigenvalue weighted by molar-refractivity contribution is 7.47. The van der Waals surface area contributed by atoms with E-state index < -0.39 is 33.2 Å². The van der Waals surface area contributed by atoms with E-state index in [1.165, 1.54) is 218 Å². The van der Waals surface area contributed by atoms with Crippen LogP contribution in [0.15, 0.2) is 0 Å². The van der Waals surface area contributed by atoms with E-state index in [1.54, 1.807) is 0 Å². The first-order chi connectivity index (χ1) is 29.3. The highest BCUT2D eigenvalue weighted by atomic mass is 31.2. The number of hydrogen-bond donors (Lipinski definition) is 3. The Balaban J connectivity index is 3.98. The van der Waals surface area contributed by atoms with Crippen LogP contribution in [0.25, 0.3) is 0 Å². The number of hydrogen-bond acceptors (Lipinski definition) is 8. The van der Waals surface area contributed by atoms with Crippen molar-refractivity contribution in [2.45, 2.75) is 283 Å². The van der Waals surface area contributed by atoms with Gasteiger partial charge in [0.05, 0.1) is 26.4 Å². The second-order valence-corrected chi connectivity index (χ2v) is 19.4. The molecule has 0 heterocycles. The Kier molecular flexibility index (Phi) is 47.5. The highest BCUT2D eigenvalue weighted by Gasteiger charge is 2.26. The lowest BCUT2D eigenvalue weighted by atomic mass is 10.0. The number of ether oxygens (including phenoxy) is 2. The summed E-state index contributed by atoms with van der Waals surface area (Å²) in [4.78, 5) is 22.7. The number of carbonyl (C=O) groups excluding carboxylic acids is 1. The Morgan fingerprint density at radius 1 is 0.450 bits per heavy atom. The lowest BCUT2D eigenvalue weighted by Crippen LogP contribution is -2.29. The van der Waals surface area contributed by atoms with Crippen LogP contribution in [0.5, 0.6) is 0 Å². The van der Waals surface area contributed by atoms with Gasteiger partial charge in [-0.15, -0.1) is 0 Å². The van der Waals surface area contributed by atoms with Crippen LogP contribution in [-0.2, 0) is 27.9 Å². The van der Waals surface area contributed by atoms with E-state index in [2.05, 4.69) is 13.8 Å². The summed E-state index contributed by atoms with van der Waals surface area (Å²) >= 11 is 0. The fourth-order valence-corrected chi connectivity index (χ4v) is 8.62. The Morgan fingerprint density at radius 3 is 1.08 bits per heavy atom. The van der Waals surface area contributed by atoms with Crippen molar-refractivity contribution in [2.24, 2.45) is 0 Å². The van der Waals surface area contributed by atoms with E-state index in [-0.39, 0.29) is 25.6 Å². The van der Waals surface area contributed by atoms with Crippen LogP contribution in [0.4, 0.5) is 0 Å². The maximum atomic E-state index is 12.7. The molecule has 0 aliphatic heterocycles. The molecule has 3 atom stereocenters. The number of aliphatic hydroxyl groups excluding tert-OH is 2. The van der Waals surface area contributed by atoms with Crippen molar-refractivity contribution in [3.05, 3.63) is 0 Å². The molecule has 0 saturated carbocycles. The molecule has 360 valence electrons. The molecule has 0 bridgehead atoms. The first kappa shape index (κ1) is 59.5. The standard InChI is InChI=1S/C50H101O9P/c1-3-5-7-9-11-13-15-17-19-21-22-23-24-25-26-27-28-30-32-34-36-38-40-42-50(53)59-49(47-58-60(54,55)57-45-48(52)44-51)46-56-43-41-39-37-35-33-31-29-20-18-16-14-12-10-8-6-4-2/h48-49,51-52H,3-47H2,1-2H3,(H,54,55)/t48-,49+/m0/s1. The van der Waals surface area contributed by atoms with Gasteiger partial charge < -0.3 is 24.6 Å². The average molecular weight is 877 g/mol. The highest BCUT2D eigenvalue weighted by Crippen LogP contribution is 2.43. The molecule has 9 nitrogen and oxygen atoms in total. The molecule has 0 spiro atoms. The van der Waals surface area contributed by atoms with Crippen LogP contribution < -0.4 is 0 Å². The molecule has 0 aliphatic rings. The van der Waals surface area contributed by atoms with E-state index in [0.717, 1.165) is 32.1 Å². The largest absolute Gasteiger partial charge is 0.472 e. The second kappa shape index (κ2) is 47.9. The van der Waals surface area contributed by atoms with Crippen molar-refractivity contribution in [1.29, 1.82) is 0 Å². The number of rotatable bonds is 51. The zero-order chi connectivity index (χ0) is 43.9. The molecular formula is C50H101O9P. The topological polar surface area (TPSA) is 132 Å². The lowest BCUT2D eigenvalue weighted by Gasteiger charge is -2.20. The summed E-state index contributed by atoms with van der Waals surface area (Å²) in [5, 5.41) is 18.4. The third kappa shape index (κ3) is 47.0. The zero-order valence-electron chi connectivity index (χ0n) is 39.7. The Bertz CT molecular complexity index is 907. The molecule has 0 aromatic rings. The minimum atomic E-state index is -4.51. The van der Waals surface area contributed by atoms with Crippen molar-refractivity contribution in [3.63, 3.8) is 0 Å². The normalized spacial score (nSPS) is 13.8. The van der Waals surface area contributed by atoms with Gasteiger partial charge in [-0.25, -0.2) is 4.57 Å². The Hall–Kier alpha value is -0.540. The predicted octanol–water partition coefficient (Wildman–Crippen LogP) is 15.0. The molecule has 1 unspecified atom stereocenters. The maximum Gasteiger partial charge on any atom is 0.472 e. The first-order valence-electron chi connectivity index (χ1n) is 26.0. The molecule has 10 heteroatoms. The third-order valence-corrected chi connectivity index (χ3v) is 12.7. The van der Waals surface area contributed by atoms with Gasteiger partial charge in [0.25, 0.3) is 0 Å². The summed E-state index contributed by atoms with van der Waals surface area (Å²) in [5.74, 6) is -0.373. The lowest BCUT2D eigenvalue weighted by molar-refractivity contribution is -0.154. The molecule has 0 fully saturated rings. The van der Waals surface area contributed by atoms with Crippen molar-refractivity contribution >= 4 is 13.8 Å². The molecule has 0 aromatic heterocycles. The van der Waals surface area contributed by atoms with E-state index in [4.69, 9.17) is 23.6 Å². The predicted molar refractivity (Wildman–Crippen MR) is 252 cm³/mol. The maximum absolute atomic E-state index is 12.7. The molecule has 0 radical (unpaired) electrons. The van der Waals surface area contributed by atoms with E-state index in [0.29, 0.717) is 6.61 Å². The number of aliphatic hydroxyl groups is 2. The summed E-state index contributed by atoms with van der Waals surface area (Å²) in [6, 6.07) is 0. The van der Waals surface area contributed by atoms with Gasteiger partial charge in [-0.1, -0.05) is 251 Å². The number of phosphoric acid groups is 1. The van der Waals surface area contributed by atoms with Crippen LogP contribution in [0.3, 0.4) is 0 Å². The van der Waals surface area contributed by atoms with Gasteiger partial charge in [0, 0.05) is 13.0 Å². The number of carbonyl (C=O) groups is 1. The summed E-state index contributed by atoms with van der Waals surface area (Å²) in [7, 11) is -4.51. The fourth-order valence-electron chi connectivity index (χ4n) is 7.83. The van der Waals surface area contributed by atoms with Crippen LogP contribution in [0.2, 0.25) is 0 Å². The van der Waals surface area contributed by atoms with Gasteiger partial charge >= 0.3 is 13.8 Å². The summed E-state index contributed by atoms with van der Waals surface area (Å²) in [5.41, 5.74) is 0. The van der Waals surface area contributed by atoms with Crippen molar-refractivity contribution in [2.75, 3.05) is 33.0 Å². The van der Waals surface area contributed by atoms with E-state index in [9.17, 15) is 19.4 Å². The van der Waals surface area contributed by atoms with Crippen LogP contribution in [0, 0.1) is 0 Å². The Morgan fingerprint density at radius 2 is 0.750 bits per heavy atom. The molecule has 0 rings (SSSR count). The Labute approximate surface area is 371 Å². The fraction of sp³-hybridized carbons (Fsp3) is 0.980. The first-order valence-corrected chi connectivity index (χ1v) is 27.5. The minimum absolute atomic E-state index is 0.0587. The number of unbranched alkanes of at least 4 members (excludes halogenated alkanes) is 37. The molecule has 60 heavy (non-hydrogen) atoms. The zero-order valence-corrected chi connectivity index (χ0v) is 40.6. The molecule has 0 amide bonds. The molecule has 0 aromatic carbocycles. The quantitative estimate of drug-likeness (QED) is 0.0310. The van der Waals surface area contributed by atoms with Gasteiger partial charge in [-0.3, -0.25) is 13.8 Å². The third-order valence-electron chi connectivity index (χ3n) is 11.8. The van der Waals surface area contributed by atoms with Crippen molar-refractivity contribution in [1.82, 2.24) is 0 Å². The monoisotopic (exact) mass is 877 g/mol. The summed E-state index contributed by atoms with van der Waals surface area (Å²) in [6.45, 7) is 3.61. The van der Waals surface area contributed by atoms with Crippen LogP contribution in [0.1, 0.15) is 271 Å². The number of phosphoric ester groups is 1. The summed E-state index contributed by atoms with van der Waals surface area (Å²) < 4.78 is 33.5. The molecular weight excluding hydrogens is 776 g/mol. The van der Waals surface area contributed by atoms with Gasteiger partial charge in [-0.2, -0.15) is 0 Å². The van der Waals surface area contributed by atoms with Crippen molar-refractivity contribution in [3.8, 4) is 0 Å². The smallest absolute Gasteiger partial charge is 0.457 e. The second-order valence-electron chi connectivity index (χ2n) is 17.9. The van der Waals surface area contributed by atoms with E-state index >= 15 is 0 Å².